The van der Waals surface area contributed by atoms with Gasteiger partial charge in [0, 0.05) is 32.6 Å². The molecule has 2 N–H and O–H groups in total. The zero-order valence-electron chi connectivity index (χ0n) is 20.7. The Morgan fingerprint density at radius 1 is 1.12 bits per heavy atom. The van der Waals surface area contributed by atoms with Crippen molar-refractivity contribution in [3.8, 4) is 11.5 Å². The third-order valence-corrected chi connectivity index (χ3v) is 6.16. The summed E-state index contributed by atoms with van der Waals surface area (Å²) in [6.07, 6.45) is 4.05. The highest BCUT2D eigenvalue weighted by Crippen LogP contribution is 2.39. The molecule has 182 valence electrons. The molecule has 32 heavy (non-hydrogen) atoms. The average molecular weight is 561 g/mol. The molecule has 0 saturated heterocycles. The van der Waals surface area contributed by atoms with Crippen LogP contribution in [0.1, 0.15) is 52.0 Å². The van der Waals surface area contributed by atoms with Gasteiger partial charge in [0.05, 0.1) is 26.2 Å². The first kappa shape index (κ1) is 28.3. The highest BCUT2D eigenvalue weighted by Gasteiger charge is 2.42. The predicted octanol–water partition coefficient (Wildman–Crippen LogP) is 3.80. The lowest BCUT2D eigenvalue weighted by Gasteiger charge is -2.31. The van der Waals surface area contributed by atoms with Crippen molar-refractivity contribution in [2.45, 2.75) is 51.9 Å². The van der Waals surface area contributed by atoms with Crippen molar-refractivity contribution in [2.75, 3.05) is 47.9 Å². The van der Waals surface area contributed by atoms with E-state index in [1.165, 1.54) is 0 Å². The summed E-state index contributed by atoms with van der Waals surface area (Å²) in [5.41, 5.74) is 0.588. The molecule has 0 bridgehead atoms. The minimum atomic E-state index is -0.335. The van der Waals surface area contributed by atoms with Gasteiger partial charge in [-0.25, -0.2) is 0 Å². The van der Waals surface area contributed by atoms with Crippen LogP contribution >= 0.6 is 24.0 Å². The van der Waals surface area contributed by atoms with E-state index in [1.54, 1.807) is 19.1 Å². The van der Waals surface area contributed by atoms with Crippen LogP contribution in [0, 0.1) is 5.41 Å². The number of hydrogen-bond acceptors (Lipinski definition) is 4. The minimum Gasteiger partial charge on any atom is -0.493 e. The number of amides is 1. The molecule has 1 fully saturated rings. The number of hydrogen-bond donors (Lipinski definition) is 2. The third-order valence-electron chi connectivity index (χ3n) is 6.16. The average Bonchev–Trinajstić information content (AvgIpc) is 3.24. The summed E-state index contributed by atoms with van der Waals surface area (Å²) in [4.78, 5) is 19.4. The number of nitrogens with one attached hydrogen (secondary N) is 2. The Morgan fingerprint density at radius 3 is 2.28 bits per heavy atom. The number of carbonyl (C=O) groups is 1. The van der Waals surface area contributed by atoms with Crippen LogP contribution in [0.15, 0.2) is 23.2 Å². The molecule has 0 spiro atoms. The molecule has 1 aliphatic carbocycles. The molecule has 8 heteroatoms. The second-order valence-electron chi connectivity index (χ2n) is 9.19. The van der Waals surface area contributed by atoms with E-state index in [1.807, 2.05) is 33.2 Å². The number of benzene rings is 1. The maximum atomic E-state index is 12.9. The molecule has 2 rings (SSSR count). The fourth-order valence-corrected chi connectivity index (χ4v) is 4.21. The van der Waals surface area contributed by atoms with Gasteiger partial charge < -0.3 is 25.0 Å². The molecule has 0 aliphatic heterocycles. The van der Waals surface area contributed by atoms with Gasteiger partial charge in [-0.2, -0.15) is 0 Å². The molecule has 0 heterocycles. The van der Waals surface area contributed by atoms with E-state index in [2.05, 4.69) is 30.5 Å². The number of nitrogens with zero attached hydrogens (tertiary/aromatic N) is 2. The second-order valence-corrected chi connectivity index (χ2v) is 9.19. The van der Waals surface area contributed by atoms with Crippen LogP contribution in [0.4, 0.5) is 0 Å². The molecule has 1 amide bonds. The topological polar surface area (TPSA) is 75.2 Å². The Balaban J connectivity index is 0.00000512. The van der Waals surface area contributed by atoms with Crippen molar-refractivity contribution in [3.05, 3.63) is 23.8 Å². The number of guanidine groups is 1. The molecule has 1 aromatic carbocycles. The quantitative estimate of drug-likeness (QED) is 0.273. The molecular weight excluding hydrogens is 519 g/mol. The van der Waals surface area contributed by atoms with Gasteiger partial charge in [0.1, 0.15) is 0 Å². The van der Waals surface area contributed by atoms with Crippen LogP contribution in [-0.4, -0.2) is 64.7 Å². The summed E-state index contributed by atoms with van der Waals surface area (Å²) in [6, 6.07) is 6.00. The van der Waals surface area contributed by atoms with Crippen molar-refractivity contribution in [3.63, 3.8) is 0 Å². The summed E-state index contributed by atoms with van der Waals surface area (Å²) in [7, 11) is 6.97. The summed E-state index contributed by atoms with van der Waals surface area (Å²) in [5.74, 6) is 2.38. The van der Waals surface area contributed by atoms with Crippen LogP contribution < -0.4 is 20.1 Å². The van der Waals surface area contributed by atoms with Gasteiger partial charge in [0.15, 0.2) is 17.5 Å². The number of halogens is 1. The molecule has 1 aromatic rings. The standard InChI is InChI=1S/C24H40N4O3.HI/c1-8-25-22(27-17-24(13-9-10-14-24)21(29)28(4)5)26-16-23(2,3)18-11-12-19(30-6)20(15-18)31-7;/h11-12,15H,8-10,13-14,16-17H2,1-7H3,(H2,25,26,27);1H. The van der Waals surface area contributed by atoms with Crippen LogP contribution in [0.3, 0.4) is 0 Å². The smallest absolute Gasteiger partial charge is 0.230 e. The van der Waals surface area contributed by atoms with Gasteiger partial charge in [0.2, 0.25) is 5.91 Å². The Hall–Kier alpha value is -1.71. The molecular formula is C24H41IN4O3. The first-order chi connectivity index (χ1) is 14.7. The normalized spacial score (nSPS) is 15.5. The zero-order valence-corrected chi connectivity index (χ0v) is 23.0. The highest BCUT2D eigenvalue weighted by molar-refractivity contribution is 14.0. The molecule has 1 saturated carbocycles. The molecule has 0 unspecified atom stereocenters. The maximum absolute atomic E-state index is 12.9. The number of rotatable bonds is 9. The number of carbonyl (C=O) groups excluding carboxylic acids is 1. The Labute approximate surface area is 210 Å². The van der Waals surface area contributed by atoms with E-state index in [9.17, 15) is 4.79 Å². The van der Waals surface area contributed by atoms with Gasteiger partial charge in [-0.3, -0.25) is 9.79 Å². The first-order valence-corrected chi connectivity index (χ1v) is 11.2. The lowest BCUT2D eigenvalue weighted by Crippen LogP contribution is -2.49. The van der Waals surface area contributed by atoms with Crippen molar-refractivity contribution in [1.82, 2.24) is 15.5 Å². The third kappa shape index (κ3) is 6.89. The molecule has 0 atom stereocenters. The monoisotopic (exact) mass is 560 g/mol. The molecule has 1 aliphatic rings. The van der Waals surface area contributed by atoms with E-state index in [0.29, 0.717) is 24.6 Å². The van der Waals surface area contributed by atoms with Crippen LogP contribution in [0.2, 0.25) is 0 Å². The Bertz CT molecular complexity index is 775. The van der Waals surface area contributed by atoms with Crippen LogP contribution in [0.5, 0.6) is 11.5 Å². The second kappa shape index (κ2) is 12.5. The van der Waals surface area contributed by atoms with Gasteiger partial charge in [-0.05, 0) is 37.5 Å². The van der Waals surface area contributed by atoms with Gasteiger partial charge in [0.25, 0.3) is 0 Å². The van der Waals surface area contributed by atoms with Crippen molar-refractivity contribution in [2.24, 2.45) is 10.4 Å². The number of methoxy groups -OCH3 is 2. The fraction of sp³-hybridized carbons (Fsp3) is 0.667. The number of aliphatic imine (C=N–C) groups is 1. The Morgan fingerprint density at radius 2 is 1.75 bits per heavy atom. The van der Waals surface area contributed by atoms with E-state index in [-0.39, 0.29) is 40.7 Å². The van der Waals surface area contributed by atoms with E-state index >= 15 is 0 Å². The maximum Gasteiger partial charge on any atom is 0.230 e. The van der Waals surface area contributed by atoms with E-state index in [0.717, 1.165) is 43.8 Å². The highest BCUT2D eigenvalue weighted by atomic mass is 127. The van der Waals surface area contributed by atoms with Crippen LogP contribution in [-0.2, 0) is 10.2 Å². The lowest BCUT2D eigenvalue weighted by molar-refractivity contribution is -0.138. The largest absolute Gasteiger partial charge is 0.493 e. The number of ether oxygens (including phenoxy) is 2. The van der Waals surface area contributed by atoms with E-state index in [4.69, 9.17) is 14.5 Å². The molecule has 0 aromatic heterocycles. The predicted molar refractivity (Wildman–Crippen MR) is 142 cm³/mol. The van der Waals surface area contributed by atoms with Gasteiger partial charge in [-0.15, -0.1) is 24.0 Å². The summed E-state index contributed by atoms with van der Waals surface area (Å²) < 4.78 is 10.8. The summed E-state index contributed by atoms with van der Waals surface area (Å²) >= 11 is 0. The molecule has 0 radical (unpaired) electrons. The Kier molecular flexibility index (Phi) is 11.1. The first-order valence-electron chi connectivity index (χ1n) is 11.2. The summed E-state index contributed by atoms with van der Waals surface area (Å²) in [6.45, 7) is 8.33. The van der Waals surface area contributed by atoms with Crippen molar-refractivity contribution >= 4 is 35.8 Å². The van der Waals surface area contributed by atoms with Crippen LogP contribution in [0.25, 0.3) is 0 Å². The fourth-order valence-electron chi connectivity index (χ4n) is 4.21. The van der Waals surface area contributed by atoms with E-state index < -0.39 is 0 Å². The van der Waals surface area contributed by atoms with Crippen molar-refractivity contribution < 1.29 is 14.3 Å². The summed E-state index contributed by atoms with van der Waals surface area (Å²) in [5, 5.41) is 6.78. The zero-order chi connectivity index (χ0) is 23.1. The lowest BCUT2D eigenvalue weighted by atomic mass is 9.84. The molecule has 7 nitrogen and oxygen atoms in total. The van der Waals surface area contributed by atoms with Gasteiger partial charge in [-0.1, -0.05) is 32.8 Å². The van der Waals surface area contributed by atoms with Gasteiger partial charge >= 0.3 is 0 Å². The van der Waals surface area contributed by atoms with Crippen molar-refractivity contribution in [1.29, 1.82) is 0 Å². The minimum absolute atomic E-state index is 0. The SMILES string of the molecule is CCNC(=NCC(C)(C)c1ccc(OC)c(OC)c1)NCC1(C(=O)N(C)C)CCCC1.I.